The Labute approximate surface area is 414 Å². The predicted molar refractivity (Wildman–Crippen MR) is 296 cm³/mol. The molecule has 0 N–H and O–H groups in total. The minimum atomic E-state index is -0.143. The summed E-state index contributed by atoms with van der Waals surface area (Å²) in [6.45, 7) is 4.70. The van der Waals surface area contributed by atoms with Gasteiger partial charge in [-0.25, -0.2) is 0 Å². The molecule has 2 aliphatic heterocycles. The zero-order valence-electron chi connectivity index (χ0n) is 39.4. The van der Waals surface area contributed by atoms with Crippen molar-refractivity contribution in [2.75, 3.05) is 14.7 Å². The van der Waals surface area contributed by atoms with E-state index in [1.165, 1.54) is 33.4 Å². The second kappa shape index (κ2) is 16.0. The van der Waals surface area contributed by atoms with Gasteiger partial charge in [0.1, 0.15) is 0 Å². The molecule has 11 aromatic carbocycles. The lowest BCUT2D eigenvalue weighted by Crippen LogP contribution is -2.24. The molecule has 0 spiro atoms. The molecule has 0 fully saturated rings. The first-order valence-electron chi connectivity index (χ1n) is 24.5. The van der Waals surface area contributed by atoms with Crippen molar-refractivity contribution in [1.29, 1.82) is 0 Å². The van der Waals surface area contributed by atoms with Crippen molar-refractivity contribution in [3.05, 3.63) is 260 Å². The predicted octanol–water partition coefficient (Wildman–Crippen LogP) is 19.0. The molecule has 1 aliphatic carbocycles. The molecule has 336 valence electrons. The second-order valence-electron chi connectivity index (χ2n) is 19.4. The number of para-hydroxylation sites is 3. The molecule has 11 aromatic rings. The molecule has 3 aliphatic rings. The fourth-order valence-electron chi connectivity index (χ4n) is 11.5. The van der Waals surface area contributed by atoms with Gasteiger partial charge in [-0.3, -0.25) is 0 Å². The lowest BCUT2D eigenvalue weighted by Gasteiger charge is -2.41. The largest absolute Gasteiger partial charge is 0.452 e. The third-order valence-corrected chi connectivity index (χ3v) is 14.9. The topological polar surface area (TPSA) is 19.0 Å². The average molecular weight is 910 g/mol. The van der Waals surface area contributed by atoms with Crippen LogP contribution in [0.5, 0.6) is 11.5 Å². The molecule has 0 unspecified atom stereocenters. The molecule has 2 heterocycles. The van der Waals surface area contributed by atoms with E-state index in [2.05, 4.69) is 277 Å². The number of hydrogen-bond donors (Lipinski definition) is 0. The van der Waals surface area contributed by atoms with Crippen molar-refractivity contribution >= 4 is 62.0 Å². The van der Waals surface area contributed by atoms with E-state index in [4.69, 9.17) is 4.74 Å². The van der Waals surface area contributed by atoms with Crippen LogP contribution in [0.25, 0.3) is 55.3 Å². The van der Waals surface area contributed by atoms with Crippen LogP contribution in [0.3, 0.4) is 0 Å². The Morgan fingerprint density at radius 2 is 0.859 bits per heavy atom. The van der Waals surface area contributed by atoms with E-state index in [1.54, 1.807) is 0 Å². The smallest absolute Gasteiger partial charge is 0.159 e. The van der Waals surface area contributed by atoms with Gasteiger partial charge < -0.3 is 19.4 Å². The van der Waals surface area contributed by atoms with Gasteiger partial charge in [-0.1, -0.05) is 178 Å². The summed E-state index contributed by atoms with van der Waals surface area (Å²) in [7, 11) is 0. The molecule has 4 heteroatoms. The fourth-order valence-corrected chi connectivity index (χ4v) is 11.5. The zero-order chi connectivity index (χ0) is 47.2. The summed E-state index contributed by atoms with van der Waals surface area (Å²) >= 11 is 0. The van der Waals surface area contributed by atoms with E-state index in [1.807, 2.05) is 0 Å². The maximum Gasteiger partial charge on any atom is 0.159 e. The maximum absolute atomic E-state index is 7.16. The molecule has 0 radical (unpaired) electrons. The first-order chi connectivity index (χ1) is 35.0. The van der Waals surface area contributed by atoms with E-state index in [-0.39, 0.29) is 5.41 Å². The van der Waals surface area contributed by atoms with Crippen LogP contribution in [0.4, 0.5) is 51.2 Å². The third kappa shape index (κ3) is 6.52. The summed E-state index contributed by atoms with van der Waals surface area (Å²) in [5.74, 6) is 1.67. The highest BCUT2D eigenvalue weighted by Gasteiger charge is 2.37. The van der Waals surface area contributed by atoms with Crippen LogP contribution in [0, 0.1) is 0 Å². The van der Waals surface area contributed by atoms with Gasteiger partial charge in [0.15, 0.2) is 11.5 Å². The maximum atomic E-state index is 7.16. The Kier molecular flexibility index (Phi) is 9.21. The lowest BCUT2D eigenvalue weighted by molar-refractivity contribution is 0.483. The molecule has 14 rings (SSSR count). The number of benzene rings is 11. The summed E-state index contributed by atoms with van der Waals surface area (Å²) in [6, 6.07) is 90.4. The van der Waals surface area contributed by atoms with Crippen LogP contribution >= 0.6 is 0 Å². The highest BCUT2D eigenvalue weighted by molar-refractivity contribution is 6.04. The minimum absolute atomic E-state index is 0.143. The fraction of sp³-hybridized carbons (Fsp3) is 0.0448. The van der Waals surface area contributed by atoms with Gasteiger partial charge in [0, 0.05) is 27.9 Å². The van der Waals surface area contributed by atoms with Crippen molar-refractivity contribution in [3.63, 3.8) is 0 Å². The Hall–Kier alpha value is -9.12. The molecule has 0 amide bonds. The zero-order valence-corrected chi connectivity index (χ0v) is 39.4. The molecule has 0 saturated carbocycles. The quantitative estimate of drug-likeness (QED) is 0.165. The van der Waals surface area contributed by atoms with Gasteiger partial charge >= 0.3 is 0 Å². The standard InChI is InChI=1S/C67H47N3O/c1-67(2)57-27-15-14-26-55(57)56-34-33-52(43-58(56)67)69-62-36-32-48(42-65(62)71-66-54-25-13-12-22-46(54)30-37-63(66)69)47-31-35-61-64(41-47)70(60-29-17-16-28-59(60)68(61)51-23-10-5-11-24-51)53-39-49(44-18-6-3-7-19-44)38-50(40-53)45-20-8-4-9-21-45/h3-43H,1-2H3. The Morgan fingerprint density at radius 1 is 0.310 bits per heavy atom. The Bertz CT molecular complexity index is 3840. The lowest BCUT2D eigenvalue weighted by atomic mass is 9.82. The number of anilines is 9. The molecule has 4 nitrogen and oxygen atoms in total. The third-order valence-electron chi connectivity index (χ3n) is 14.9. The summed E-state index contributed by atoms with van der Waals surface area (Å²) in [5.41, 5.74) is 21.7. The normalized spacial score (nSPS) is 13.6. The van der Waals surface area contributed by atoms with Crippen LogP contribution < -0.4 is 19.4 Å². The molecular formula is C67H47N3O. The molecule has 0 aromatic heterocycles. The van der Waals surface area contributed by atoms with Gasteiger partial charge in [0.25, 0.3) is 0 Å². The van der Waals surface area contributed by atoms with Crippen LogP contribution in [-0.4, -0.2) is 0 Å². The number of ether oxygens (including phenoxy) is 1. The number of nitrogens with zero attached hydrogens (tertiary/aromatic N) is 3. The molecule has 0 saturated heterocycles. The van der Waals surface area contributed by atoms with Gasteiger partial charge in [-0.2, -0.15) is 0 Å². The molecule has 0 bridgehead atoms. The molecule has 0 atom stereocenters. The highest BCUT2D eigenvalue weighted by Crippen LogP contribution is 2.58. The minimum Gasteiger partial charge on any atom is -0.452 e. The average Bonchev–Trinajstić information content (AvgIpc) is 3.66. The van der Waals surface area contributed by atoms with Gasteiger partial charge in [-0.05, 0) is 146 Å². The van der Waals surface area contributed by atoms with Gasteiger partial charge in [0.05, 0.1) is 34.1 Å². The number of rotatable bonds is 6. The van der Waals surface area contributed by atoms with E-state index in [0.717, 1.165) is 95.7 Å². The highest BCUT2D eigenvalue weighted by atomic mass is 16.5. The number of hydrogen-bond acceptors (Lipinski definition) is 4. The van der Waals surface area contributed by atoms with Crippen molar-refractivity contribution in [1.82, 2.24) is 0 Å². The Morgan fingerprint density at radius 3 is 1.59 bits per heavy atom. The monoisotopic (exact) mass is 909 g/mol. The summed E-state index contributed by atoms with van der Waals surface area (Å²) in [4.78, 5) is 7.26. The van der Waals surface area contributed by atoms with E-state index >= 15 is 0 Å². The van der Waals surface area contributed by atoms with E-state index in [9.17, 15) is 0 Å². The first kappa shape index (κ1) is 40.9. The van der Waals surface area contributed by atoms with Crippen LogP contribution in [0.15, 0.2) is 249 Å². The Balaban J connectivity index is 0.953. The van der Waals surface area contributed by atoms with Crippen molar-refractivity contribution in [2.24, 2.45) is 0 Å². The first-order valence-corrected chi connectivity index (χ1v) is 24.5. The van der Waals surface area contributed by atoms with Crippen LogP contribution in [-0.2, 0) is 5.41 Å². The SMILES string of the molecule is CC1(C)c2ccccc2-c2ccc(N3c4ccc(-c5ccc6c(c5)N(c5cc(-c7ccccc7)cc(-c7ccccc7)c5)c5ccccc5N6c5ccccc5)cc4Oc4c3ccc3ccccc43)cc21. The second-order valence-corrected chi connectivity index (χ2v) is 19.4. The van der Waals surface area contributed by atoms with Gasteiger partial charge in [-0.15, -0.1) is 0 Å². The molecular weight excluding hydrogens is 863 g/mol. The summed E-state index contributed by atoms with van der Waals surface area (Å²) in [6.07, 6.45) is 0. The van der Waals surface area contributed by atoms with Gasteiger partial charge in [0.2, 0.25) is 0 Å². The summed E-state index contributed by atoms with van der Waals surface area (Å²) < 4.78 is 7.16. The van der Waals surface area contributed by atoms with Crippen molar-refractivity contribution in [3.8, 4) is 56.0 Å². The number of fused-ring (bicyclic) bond motifs is 9. The van der Waals surface area contributed by atoms with Crippen molar-refractivity contribution in [2.45, 2.75) is 19.3 Å². The van der Waals surface area contributed by atoms with Crippen LogP contribution in [0.2, 0.25) is 0 Å². The van der Waals surface area contributed by atoms with E-state index < -0.39 is 0 Å². The molecule has 71 heavy (non-hydrogen) atoms. The van der Waals surface area contributed by atoms with E-state index in [0.29, 0.717) is 0 Å². The van der Waals surface area contributed by atoms with Crippen molar-refractivity contribution < 1.29 is 4.74 Å². The van der Waals surface area contributed by atoms with Crippen LogP contribution in [0.1, 0.15) is 25.0 Å². The summed E-state index contributed by atoms with van der Waals surface area (Å²) in [5, 5.41) is 2.22.